The fraction of sp³-hybridized carbons (Fsp3) is 0.333. The number of carbonyl (C=O) groups excluding carboxylic acids is 2. The van der Waals surface area contributed by atoms with Gasteiger partial charge in [0.2, 0.25) is 5.91 Å². The van der Waals surface area contributed by atoms with Crippen molar-refractivity contribution >= 4 is 34.0 Å². The van der Waals surface area contributed by atoms with Gasteiger partial charge in [0.15, 0.2) is 0 Å². The van der Waals surface area contributed by atoms with Gasteiger partial charge in [0, 0.05) is 19.0 Å². The van der Waals surface area contributed by atoms with Crippen LogP contribution in [0.15, 0.2) is 41.8 Å². The zero-order chi connectivity index (χ0) is 17.6. The molecule has 1 aliphatic heterocycles. The number of carbonyl (C=O) groups is 2. The summed E-state index contributed by atoms with van der Waals surface area (Å²) in [6.45, 7) is 1.14. The molecule has 25 heavy (non-hydrogen) atoms. The number of para-hydroxylation sites is 2. The highest BCUT2D eigenvalue weighted by Gasteiger charge is 2.27. The molecule has 0 spiro atoms. The van der Waals surface area contributed by atoms with Crippen LogP contribution in [0.3, 0.4) is 0 Å². The third kappa shape index (κ3) is 4.30. The van der Waals surface area contributed by atoms with Gasteiger partial charge in [-0.2, -0.15) is 0 Å². The molecule has 0 saturated carbocycles. The van der Waals surface area contributed by atoms with Crippen LogP contribution in [-0.4, -0.2) is 37.0 Å². The summed E-state index contributed by atoms with van der Waals surface area (Å²) in [6.07, 6.45) is 1.30. The Bertz CT molecular complexity index is 725. The average molecular weight is 359 g/mol. The predicted molar refractivity (Wildman–Crippen MR) is 99.3 cm³/mol. The van der Waals surface area contributed by atoms with Crippen LogP contribution in [-0.2, 0) is 4.79 Å². The minimum absolute atomic E-state index is 0.0252. The Kier molecular flexibility index (Phi) is 5.55. The molecule has 3 amide bonds. The van der Waals surface area contributed by atoms with Crippen molar-refractivity contribution in [3.05, 3.63) is 41.8 Å². The van der Waals surface area contributed by atoms with Gasteiger partial charge >= 0.3 is 6.03 Å². The molecule has 0 radical (unpaired) electrons. The molecule has 1 fully saturated rings. The Hall–Kier alpha value is -2.54. The number of thiophene rings is 1. The summed E-state index contributed by atoms with van der Waals surface area (Å²) in [4.78, 5) is 26.5. The van der Waals surface area contributed by atoms with Crippen LogP contribution in [0.2, 0.25) is 0 Å². The van der Waals surface area contributed by atoms with E-state index in [4.69, 9.17) is 4.74 Å². The summed E-state index contributed by atoms with van der Waals surface area (Å²) >= 11 is 1.49. The molecule has 2 aromatic rings. The van der Waals surface area contributed by atoms with E-state index in [9.17, 15) is 9.59 Å². The van der Waals surface area contributed by atoms with Crippen molar-refractivity contribution in [1.82, 2.24) is 4.90 Å². The van der Waals surface area contributed by atoms with Crippen LogP contribution in [0.1, 0.15) is 12.8 Å². The molecule has 1 aliphatic rings. The van der Waals surface area contributed by atoms with Gasteiger partial charge in [-0.3, -0.25) is 10.1 Å². The summed E-state index contributed by atoms with van der Waals surface area (Å²) in [6, 6.07) is 11.0. The van der Waals surface area contributed by atoms with Crippen LogP contribution >= 0.6 is 11.3 Å². The van der Waals surface area contributed by atoms with Gasteiger partial charge in [-0.15, -0.1) is 11.3 Å². The fourth-order valence-corrected chi connectivity index (χ4v) is 3.47. The SMILES string of the molecule is COc1ccccc1NC(=O)C1CCN(C(=O)Nc2cccs2)CC1. The number of anilines is 2. The number of nitrogens with one attached hydrogen (secondary N) is 2. The van der Waals surface area contributed by atoms with E-state index >= 15 is 0 Å². The number of amides is 3. The quantitative estimate of drug-likeness (QED) is 0.875. The van der Waals surface area contributed by atoms with Crippen LogP contribution in [0.25, 0.3) is 0 Å². The minimum Gasteiger partial charge on any atom is -0.495 e. The minimum atomic E-state index is -0.106. The third-order valence-electron chi connectivity index (χ3n) is 4.27. The van der Waals surface area contributed by atoms with Gasteiger partial charge in [0.25, 0.3) is 0 Å². The molecule has 6 nitrogen and oxygen atoms in total. The second-order valence-corrected chi connectivity index (χ2v) is 6.81. The highest BCUT2D eigenvalue weighted by atomic mass is 32.1. The van der Waals surface area contributed by atoms with E-state index in [2.05, 4.69) is 10.6 Å². The van der Waals surface area contributed by atoms with Crippen molar-refractivity contribution < 1.29 is 14.3 Å². The summed E-state index contributed by atoms with van der Waals surface area (Å²) in [7, 11) is 1.58. The van der Waals surface area contributed by atoms with E-state index in [-0.39, 0.29) is 17.9 Å². The van der Waals surface area contributed by atoms with E-state index in [1.165, 1.54) is 11.3 Å². The first-order valence-corrected chi connectivity index (χ1v) is 9.08. The molecule has 0 atom stereocenters. The molecule has 1 aromatic heterocycles. The summed E-state index contributed by atoms with van der Waals surface area (Å²) in [5.41, 5.74) is 0.674. The number of nitrogens with zero attached hydrogens (tertiary/aromatic N) is 1. The highest BCUT2D eigenvalue weighted by molar-refractivity contribution is 7.14. The van der Waals surface area contributed by atoms with Crippen LogP contribution in [0.4, 0.5) is 15.5 Å². The monoisotopic (exact) mass is 359 g/mol. The first-order chi connectivity index (χ1) is 12.2. The Labute approximate surface area is 150 Å². The number of likely N-dealkylation sites (tertiary alicyclic amines) is 1. The van der Waals surface area contributed by atoms with Crippen molar-refractivity contribution in [3.8, 4) is 5.75 Å². The fourth-order valence-electron chi connectivity index (χ4n) is 2.86. The molecule has 2 heterocycles. The van der Waals surface area contributed by atoms with Gasteiger partial charge in [-0.25, -0.2) is 4.79 Å². The summed E-state index contributed by atoms with van der Waals surface area (Å²) in [5, 5.41) is 8.56. The van der Waals surface area contributed by atoms with E-state index in [1.807, 2.05) is 41.8 Å². The molecule has 132 valence electrons. The van der Waals surface area contributed by atoms with Crippen LogP contribution in [0, 0.1) is 5.92 Å². The maximum absolute atomic E-state index is 12.5. The molecular weight excluding hydrogens is 338 g/mol. The molecule has 0 unspecified atom stereocenters. The number of ether oxygens (including phenoxy) is 1. The largest absolute Gasteiger partial charge is 0.495 e. The maximum atomic E-state index is 12.5. The number of methoxy groups -OCH3 is 1. The lowest BCUT2D eigenvalue weighted by molar-refractivity contribution is -0.121. The number of rotatable bonds is 4. The summed E-state index contributed by atoms with van der Waals surface area (Å²) < 4.78 is 5.26. The van der Waals surface area contributed by atoms with Crippen LogP contribution in [0.5, 0.6) is 5.75 Å². The van der Waals surface area contributed by atoms with Gasteiger partial charge in [-0.1, -0.05) is 12.1 Å². The number of hydrogen-bond donors (Lipinski definition) is 2. The number of urea groups is 1. The lowest BCUT2D eigenvalue weighted by atomic mass is 9.96. The molecule has 1 aromatic carbocycles. The van der Waals surface area contributed by atoms with Crippen molar-refractivity contribution in [2.24, 2.45) is 5.92 Å². The van der Waals surface area contributed by atoms with Crippen molar-refractivity contribution in [3.63, 3.8) is 0 Å². The lowest BCUT2D eigenvalue weighted by Gasteiger charge is -2.31. The number of benzene rings is 1. The van der Waals surface area contributed by atoms with Gasteiger partial charge in [-0.05, 0) is 42.5 Å². The second-order valence-electron chi connectivity index (χ2n) is 5.86. The molecule has 0 bridgehead atoms. The van der Waals surface area contributed by atoms with Crippen molar-refractivity contribution in [1.29, 1.82) is 0 Å². The predicted octanol–water partition coefficient (Wildman–Crippen LogP) is 3.64. The van der Waals surface area contributed by atoms with E-state index in [1.54, 1.807) is 12.0 Å². The lowest BCUT2D eigenvalue weighted by Crippen LogP contribution is -2.43. The highest BCUT2D eigenvalue weighted by Crippen LogP contribution is 2.26. The molecule has 7 heteroatoms. The Morgan fingerprint density at radius 1 is 1.12 bits per heavy atom. The van der Waals surface area contributed by atoms with Gasteiger partial charge < -0.3 is 15.0 Å². The first kappa shape index (κ1) is 17.3. The molecule has 1 saturated heterocycles. The van der Waals surface area contributed by atoms with Crippen molar-refractivity contribution in [2.45, 2.75) is 12.8 Å². The Morgan fingerprint density at radius 3 is 2.56 bits per heavy atom. The topological polar surface area (TPSA) is 70.7 Å². The van der Waals surface area contributed by atoms with E-state index < -0.39 is 0 Å². The zero-order valence-electron chi connectivity index (χ0n) is 14.0. The van der Waals surface area contributed by atoms with Gasteiger partial charge in [0.05, 0.1) is 17.8 Å². The molecule has 2 N–H and O–H groups in total. The second kappa shape index (κ2) is 8.02. The van der Waals surface area contributed by atoms with Gasteiger partial charge in [0.1, 0.15) is 5.75 Å². The van der Waals surface area contributed by atoms with E-state index in [0.717, 1.165) is 5.00 Å². The average Bonchev–Trinajstić information content (AvgIpc) is 3.15. The zero-order valence-corrected chi connectivity index (χ0v) is 14.8. The summed E-state index contributed by atoms with van der Waals surface area (Å²) in [5.74, 6) is 0.516. The van der Waals surface area contributed by atoms with Crippen LogP contribution < -0.4 is 15.4 Å². The maximum Gasteiger partial charge on any atom is 0.322 e. The molecule has 3 rings (SSSR count). The van der Waals surface area contributed by atoms with Crippen molar-refractivity contribution in [2.75, 3.05) is 30.8 Å². The number of piperidine rings is 1. The first-order valence-electron chi connectivity index (χ1n) is 8.20. The smallest absolute Gasteiger partial charge is 0.322 e. The third-order valence-corrected chi connectivity index (χ3v) is 5.05. The standard InChI is InChI=1S/C18H21N3O3S/c1-24-15-6-3-2-5-14(15)19-17(22)13-8-10-21(11-9-13)18(23)20-16-7-4-12-25-16/h2-7,12-13H,8-11H2,1H3,(H,19,22)(H,20,23). The Balaban J connectivity index is 1.51. The molecule has 0 aliphatic carbocycles. The normalized spacial score (nSPS) is 14.8. The Morgan fingerprint density at radius 2 is 1.88 bits per heavy atom. The number of hydrogen-bond acceptors (Lipinski definition) is 4. The van der Waals surface area contributed by atoms with E-state index in [0.29, 0.717) is 37.4 Å². The molecular formula is C18H21N3O3S.